The molecule has 4 rings (SSSR count). The van der Waals surface area contributed by atoms with E-state index in [2.05, 4.69) is 30.1 Å². The number of para-hydroxylation sites is 1. The van der Waals surface area contributed by atoms with Crippen LogP contribution >= 0.6 is 0 Å². The van der Waals surface area contributed by atoms with Crippen molar-refractivity contribution in [1.82, 2.24) is 30.1 Å². The Morgan fingerprint density at radius 2 is 1.82 bits per heavy atom. The SMILES string of the molecule is CN(c1ccccc1)c1nc(N)nc(-c2noc(-c3ccc(CO)nc3)n2)n1. The van der Waals surface area contributed by atoms with Crippen molar-refractivity contribution < 1.29 is 9.63 Å². The molecule has 0 bridgehead atoms. The zero-order valence-corrected chi connectivity index (χ0v) is 14.9. The number of anilines is 3. The number of benzene rings is 1. The highest BCUT2D eigenvalue weighted by Gasteiger charge is 2.17. The zero-order chi connectivity index (χ0) is 19.5. The molecule has 4 aromatic rings. The molecular weight excluding hydrogens is 360 g/mol. The normalized spacial score (nSPS) is 10.8. The lowest BCUT2D eigenvalue weighted by Crippen LogP contribution is -2.15. The van der Waals surface area contributed by atoms with Crippen molar-refractivity contribution in [3.8, 4) is 23.1 Å². The summed E-state index contributed by atoms with van der Waals surface area (Å²) in [5, 5.41) is 13.0. The summed E-state index contributed by atoms with van der Waals surface area (Å²) in [6, 6.07) is 13.0. The fraction of sp³-hybridized carbons (Fsp3) is 0.111. The van der Waals surface area contributed by atoms with Crippen molar-refractivity contribution in [2.24, 2.45) is 0 Å². The van der Waals surface area contributed by atoms with Gasteiger partial charge in [-0.1, -0.05) is 23.4 Å². The lowest BCUT2D eigenvalue weighted by atomic mass is 10.2. The maximum absolute atomic E-state index is 9.08. The van der Waals surface area contributed by atoms with Crippen molar-refractivity contribution >= 4 is 17.6 Å². The maximum atomic E-state index is 9.08. The fourth-order valence-electron chi connectivity index (χ4n) is 2.47. The van der Waals surface area contributed by atoms with E-state index in [0.29, 0.717) is 17.2 Å². The van der Waals surface area contributed by atoms with Crippen LogP contribution in [-0.2, 0) is 6.61 Å². The number of hydrogen-bond donors (Lipinski definition) is 2. The van der Waals surface area contributed by atoms with E-state index in [4.69, 9.17) is 15.4 Å². The largest absolute Gasteiger partial charge is 0.390 e. The van der Waals surface area contributed by atoms with E-state index < -0.39 is 0 Å². The zero-order valence-electron chi connectivity index (χ0n) is 14.9. The van der Waals surface area contributed by atoms with E-state index in [1.165, 1.54) is 0 Å². The number of hydrogen-bond acceptors (Lipinski definition) is 10. The van der Waals surface area contributed by atoms with Gasteiger partial charge in [0.05, 0.1) is 17.9 Å². The van der Waals surface area contributed by atoms with Crippen molar-refractivity contribution in [2.45, 2.75) is 6.61 Å². The summed E-state index contributed by atoms with van der Waals surface area (Å²) < 4.78 is 5.29. The molecule has 0 radical (unpaired) electrons. The first-order chi connectivity index (χ1) is 13.6. The van der Waals surface area contributed by atoms with E-state index in [1.807, 2.05) is 37.4 Å². The van der Waals surface area contributed by atoms with Crippen LogP contribution in [0.4, 0.5) is 17.6 Å². The number of nitrogens with zero attached hydrogens (tertiary/aromatic N) is 7. The van der Waals surface area contributed by atoms with Crippen LogP contribution in [0.25, 0.3) is 23.1 Å². The molecule has 0 aliphatic carbocycles. The lowest BCUT2D eigenvalue weighted by Gasteiger charge is -2.17. The van der Waals surface area contributed by atoms with Gasteiger partial charge in [0.25, 0.3) is 5.89 Å². The Bertz CT molecular complexity index is 1080. The van der Waals surface area contributed by atoms with Crippen LogP contribution in [0.15, 0.2) is 53.2 Å². The van der Waals surface area contributed by atoms with E-state index in [9.17, 15) is 0 Å². The second-order valence-corrected chi connectivity index (χ2v) is 5.83. The molecule has 3 heterocycles. The van der Waals surface area contributed by atoms with Crippen LogP contribution in [0.3, 0.4) is 0 Å². The minimum Gasteiger partial charge on any atom is -0.390 e. The van der Waals surface area contributed by atoms with E-state index in [1.54, 1.807) is 23.2 Å². The molecule has 1 aromatic carbocycles. The van der Waals surface area contributed by atoms with Gasteiger partial charge in [0.2, 0.25) is 23.5 Å². The summed E-state index contributed by atoms with van der Waals surface area (Å²) in [7, 11) is 1.82. The van der Waals surface area contributed by atoms with Crippen LogP contribution in [0.1, 0.15) is 5.69 Å². The molecular formula is C18H16N8O2. The minimum absolute atomic E-state index is 0.0445. The third-order valence-corrected chi connectivity index (χ3v) is 3.94. The van der Waals surface area contributed by atoms with Gasteiger partial charge in [-0.3, -0.25) is 4.98 Å². The van der Waals surface area contributed by atoms with E-state index in [0.717, 1.165) is 5.69 Å². The molecule has 0 saturated heterocycles. The first-order valence-corrected chi connectivity index (χ1v) is 8.34. The van der Waals surface area contributed by atoms with Crippen molar-refractivity contribution in [3.05, 3.63) is 54.4 Å². The third-order valence-electron chi connectivity index (χ3n) is 3.94. The van der Waals surface area contributed by atoms with Gasteiger partial charge in [-0.25, -0.2) is 0 Å². The number of aliphatic hydroxyl groups excluding tert-OH is 1. The van der Waals surface area contributed by atoms with E-state index >= 15 is 0 Å². The van der Waals surface area contributed by atoms with Crippen molar-refractivity contribution in [3.63, 3.8) is 0 Å². The molecule has 0 spiro atoms. The molecule has 0 unspecified atom stereocenters. The molecule has 3 aromatic heterocycles. The van der Waals surface area contributed by atoms with Crippen LogP contribution < -0.4 is 10.6 Å². The molecule has 0 aliphatic heterocycles. The topological polar surface area (TPSA) is 140 Å². The molecule has 140 valence electrons. The quantitative estimate of drug-likeness (QED) is 0.530. The maximum Gasteiger partial charge on any atom is 0.259 e. The van der Waals surface area contributed by atoms with Crippen molar-refractivity contribution in [2.75, 3.05) is 17.7 Å². The Kier molecular flexibility index (Phi) is 4.60. The van der Waals surface area contributed by atoms with Gasteiger partial charge in [-0.05, 0) is 24.3 Å². The average molecular weight is 376 g/mol. The Labute approximate surface area is 159 Å². The minimum atomic E-state index is -0.142. The number of rotatable bonds is 5. The second kappa shape index (κ2) is 7.37. The Morgan fingerprint density at radius 3 is 2.54 bits per heavy atom. The van der Waals surface area contributed by atoms with Gasteiger partial charge in [-0.2, -0.15) is 19.9 Å². The third kappa shape index (κ3) is 3.48. The smallest absolute Gasteiger partial charge is 0.259 e. The predicted molar refractivity (Wildman–Crippen MR) is 101 cm³/mol. The Balaban J connectivity index is 1.66. The predicted octanol–water partition coefficient (Wildman–Crippen LogP) is 1.83. The van der Waals surface area contributed by atoms with Crippen LogP contribution in [0, 0.1) is 0 Å². The fourth-order valence-corrected chi connectivity index (χ4v) is 2.47. The van der Waals surface area contributed by atoms with Gasteiger partial charge in [-0.15, -0.1) is 0 Å². The molecule has 0 saturated carbocycles. The summed E-state index contributed by atoms with van der Waals surface area (Å²) in [4.78, 5) is 22.9. The summed E-state index contributed by atoms with van der Waals surface area (Å²) in [5.74, 6) is 1.03. The molecule has 0 atom stereocenters. The first kappa shape index (κ1) is 17.5. The molecule has 0 amide bonds. The second-order valence-electron chi connectivity index (χ2n) is 5.83. The standard InChI is InChI=1S/C18H16N8O2/c1-26(13-5-3-2-4-6-13)18-23-14(22-17(19)24-18)15-21-16(28-25-15)11-7-8-12(10-27)20-9-11/h2-9,27H,10H2,1H3,(H2,19,22,23,24). The molecule has 0 fully saturated rings. The lowest BCUT2D eigenvalue weighted by molar-refractivity contribution is 0.277. The van der Waals surface area contributed by atoms with Crippen molar-refractivity contribution in [1.29, 1.82) is 0 Å². The first-order valence-electron chi connectivity index (χ1n) is 8.34. The van der Waals surface area contributed by atoms with E-state index in [-0.39, 0.29) is 30.1 Å². The van der Waals surface area contributed by atoms with Crippen LogP contribution in [-0.4, -0.2) is 42.2 Å². The molecule has 28 heavy (non-hydrogen) atoms. The molecule has 3 N–H and O–H groups in total. The highest BCUT2D eigenvalue weighted by molar-refractivity contribution is 5.60. The number of nitrogens with two attached hydrogens (primary N) is 1. The van der Waals surface area contributed by atoms with Gasteiger partial charge < -0.3 is 20.3 Å². The molecule has 0 aliphatic rings. The van der Waals surface area contributed by atoms with Gasteiger partial charge in [0, 0.05) is 18.9 Å². The Morgan fingerprint density at radius 1 is 1.00 bits per heavy atom. The highest BCUT2D eigenvalue weighted by atomic mass is 16.5. The Hall–Kier alpha value is -3.92. The number of aromatic nitrogens is 6. The monoisotopic (exact) mass is 376 g/mol. The van der Waals surface area contributed by atoms with Gasteiger partial charge in [0.1, 0.15) is 0 Å². The number of aliphatic hydroxyl groups is 1. The van der Waals surface area contributed by atoms with Gasteiger partial charge in [0.15, 0.2) is 0 Å². The number of nitrogen functional groups attached to an aromatic ring is 1. The van der Waals surface area contributed by atoms with Crippen LogP contribution in [0.5, 0.6) is 0 Å². The summed E-state index contributed by atoms with van der Waals surface area (Å²) in [5.41, 5.74) is 7.90. The van der Waals surface area contributed by atoms with Crippen LogP contribution in [0.2, 0.25) is 0 Å². The van der Waals surface area contributed by atoms with Gasteiger partial charge >= 0.3 is 0 Å². The number of pyridine rings is 1. The summed E-state index contributed by atoms with van der Waals surface area (Å²) in [6.07, 6.45) is 1.54. The average Bonchev–Trinajstić information content (AvgIpc) is 3.24. The molecule has 10 heteroatoms. The summed E-state index contributed by atoms with van der Waals surface area (Å²) >= 11 is 0. The molecule has 10 nitrogen and oxygen atoms in total. The summed E-state index contributed by atoms with van der Waals surface area (Å²) in [6.45, 7) is -0.142. The highest BCUT2D eigenvalue weighted by Crippen LogP contribution is 2.24.